The summed E-state index contributed by atoms with van der Waals surface area (Å²) in [4.78, 5) is 11.4. The van der Waals surface area contributed by atoms with Crippen molar-refractivity contribution in [3.63, 3.8) is 0 Å². The van der Waals surface area contributed by atoms with Crippen LogP contribution in [0.2, 0.25) is 0 Å². The minimum absolute atomic E-state index is 0.00462. The molecule has 7 heteroatoms. The number of hydrogen-bond donors (Lipinski definition) is 0. The van der Waals surface area contributed by atoms with E-state index in [1.165, 1.54) is 12.1 Å². The lowest BCUT2D eigenvalue weighted by Crippen LogP contribution is -2.36. The van der Waals surface area contributed by atoms with Crippen molar-refractivity contribution < 1.29 is 17.6 Å². The van der Waals surface area contributed by atoms with Gasteiger partial charge in [0.05, 0.1) is 11.6 Å². The lowest BCUT2D eigenvalue weighted by molar-refractivity contribution is -0.124. The van der Waals surface area contributed by atoms with E-state index < -0.39 is 22.6 Å². The summed E-state index contributed by atoms with van der Waals surface area (Å²) in [7, 11) is -3.89. The van der Waals surface area contributed by atoms with Crippen molar-refractivity contribution in [3.05, 3.63) is 28.7 Å². The highest BCUT2D eigenvalue weighted by molar-refractivity contribution is 9.10. The molecule has 1 rings (SSSR count). The zero-order valence-corrected chi connectivity index (χ0v) is 12.2. The Morgan fingerprint density at radius 3 is 2.33 bits per heavy atom. The average Bonchev–Trinajstić information content (AvgIpc) is 2.29. The Morgan fingerprint density at radius 2 is 1.89 bits per heavy atom. The summed E-state index contributed by atoms with van der Waals surface area (Å²) in [5.74, 6) is -0.619. The molecule has 0 saturated heterocycles. The molecule has 0 radical (unpaired) electrons. The van der Waals surface area contributed by atoms with Gasteiger partial charge < -0.3 is 0 Å². The molecule has 100 valence electrons. The first-order valence-corrected chi connectivity index (χ1v) is 7.47. The number of amides is 1. The van der Waals surface area contributed by atoms with Gasteiger partial charge in [0.1, 0.15) is 0 Å². The highest BCUT2D eigenvalue weighted by Crippen LogP contribution is 2.19. The number of alkyl halides is 1. The molecular weight excluding hydrogens is 325 g/mol. The van der Waals surface area contributed by atoms with Crippen molar-refractivity contribution in [2.24, 2.45) is 0 Å². The van der Waals surface area contributed by atoms with Crippen LogP contribution < -0.4 is 0 Å². The number of benzene rings is 1. The molecule has 0 heterocycles. The van der Waals surface area contributed by atoms with Crippen LogP contribution in [0.4, 0.5) is 4.39 Å². The van der Waals surface area contributed by atoms with E-state index in [0.717, 1.165) is 11.4 Å². The van der Waals surface area contributed by atoms with Gasteiger partial charge in [-0.05, 0) is 30.7 Å². The number of nitrogens with zero attached hydrogens (tertiary/aromatic N) is 1. The number of rotatable bonds is 5. The van der Waals surface area contributed by atoms with Gasteiger partial charge in [0.2, 0.25) is 5.91 Å². The molecule has 0 unspecified atom stereocenters. The van der Waals surface area contributed by atoms with Crippen molar-refractivity contribution in [2.75, 3.05) is 13.2 Å². The van der Waals surface area contributed by atoms with Gasteiger partial charge in [0.15, 0.2) is 0 Å². The Labute approximate surface area is 114 Å². The summed E-state index contributed by atoms with van der Waals surface area (Å²) in [6.45, 7) is 0.332. The van der Waals surface area contributed by atoms with E-state index in [2.05, 4.69) is 15.9 Å². The van der Waals surface area contributed by atoms with E-state index in [-0.39, 0.29) is 17.9 Å². The maximum atomic E-state index is 12.2. The van der Waals surface area contributed by atoms with E-state index in [0.29, 0.717) is 4.31 Å². The van der Waals surface area contributed by atoms with Crippen LogP contribution >= 0.6 is 15.9 Å². The van der Waals surface area contributed by atoms with Crippen LogP contribution in [-0.4, -0.2) is 31.8 Å². The summed E-state index contributed by atoms with van der Waals surface area (Å²) >= 11 is 3.20. The molecule has 0 aromatic heterocycles. The van der Waals surface area contributed by atoms with Crippen LogP contribution in [-0.2, 0) is 14.8 Å². The minimum atomic E-state index is -3.89. The molecule has 0 N–H and O–H groups in total. The third-order valence-corrected chi connectivity index (χ3v) is 4.66. The van der Waals surface area contributed by atoms with Crippen LogP contribution in [0.25, 0.3) is 0 Å². The maximum absolute atomic E-state index is 12.2. The van der Waals surface area contributed by atoms with E-state index in [9.17, 15) is 17.6 Å². The SMILES string of the molecule is CC(=O)N(CCCF)S(=O)(=O)c1ccc(Br)cc1. The van der Waals surface area contributed by atoms with Gasteiger partial charge in [-0.15, -0.1) is 0 Å². The second-order valence-corrected chi connectivity index (χ2v) is 6.37. The molecule has 0 aliphatic rings. The first-order chi connectivity index (χ1) is 8.39. The molecule has 0 bridgehead atoms. The second-order valence-electron chi connectivity index (χ2n) is 3.59. The summed E-state index contributed by atoms with van der Waals surface area (Å²) in [5.41, 5.74) is 0. The first-order valence-electron chi connectivity index (χ1n) is 5.24. The van der Waals surface area contributed by atoms with Gasteiger partial charge in [-0.3, -0.25) is 9.18 Å². The van der Waals surface area contributed by atoms with Gasteiger partial charge in [-0.1, -0.05) is 15.9 Å². The first kappa shape index (κ1) is 15.1. The molecule has 0 aliphatic carbocycles. The van der Waals surface area contributed by atoms with Crippen molar-refractivity contribution in [3.8, 4) is 0 Å². The molecule has 1 amide bonds. The van der Waals surface area contributed by atoms with Gasteiger partial charge in [-0.2, -0.15) is 0 Å². The molecule has 1 aromatic rings. The normalized spacial score (nSPS) is 11.3. The van der Waals surface area contributed by atoms with Gasteiger partial charge in [-0.25, -0.2) is 12.7 Å². The monoisotopic (exact) mass is 337 g/mol. The van der Waals surface area contributed by atoms with Crippen molar-refractivity contribution in [1.82, 2.24) is 4.31 Å². The Kier molecular flexibility index (Phi) is 5.28. The van der Waals surface area contributed by atoms with Crippen LogP contribution in [0.15, 0.2) is 33.6 Å². The molecule has 18 heavy (non-hydrogen) atoms. The topological polar surface area (TPSA) is 54.5 Å². The quantitative estimate of drug-likeness (QED) is 0.828. The summed E-state index contributed by atoms with van der Waals surface area (Å²) in [5, 5.41) is 0. The number of carbonyl (C=O) groups excluding carboxylic acids is 1. The zero-order chi connectivity index (χ0) is 13.8. The fourth-order valence-electron chi connectivity index (χ4n) is 1.38. The summed E-state index contributed by atoms with van der Waals surface area (Å²) in [6, 6.07) is 5.93. The second kappa shape index (κ2) is 6.29. The third kappa shape index (κ3) is 3.52. The standard InChI is InChI=1S/C11H13BrFNO3S/c1-9(15)14(8-2-7-13)18(16,17)11-5-3-10(12)4-6-11/h3-6H,2,7-8H2,1H3. The molecule has 0 fully saturated rings. The predicted octanol–water partition coefficient (Wildman–Crippen LogP) is 2.35. The lowest BCUT2D eigenvalue weighted by Gasteiger charge is -2.20. The molecule has 4 nitrogen and oxygen atoms in total. The highest BCUT2D eigenvalue weighted by Gasteiger charge is 2.26. The zero-order valence-electron chi connectivity index (χ0n) is 9.77. The molecule has 1 aromatic carbocycles. The Bertz CT molecular complexity index is 516. The van der Waals surface area contributed by atoms with E-state index >= 15 is 0 Å². The van der Waals surface area contributed by atoms with Gasteiger partial charge in [0.25, 0.3) is 10.0 Å². The van der Waals surface area contributed by atoms with Crippen LogP contribution in [0.1, 0.15) is 13.3 Å². The van der Waals surface area contributed by atoms with E-state index in [1.807, 2.05) is 0 Å². The maximum Gasteiger partial charge on any atom is 0.266 e. The number of sulfonamides is 1. The Morgan fingerprint density at radius 1 is 1.33 bits per heavy atom. The smallest absolute Gasteiger partial charge is 0.266 e. The molecule has 0 saturated carbocycles. The lowest BCUT2D eigenvalue weighted by atomic mass is 10.4. The molecule has 0 spiro atoms. The molecule has 0 aliphatic heterocycles. The van der Waals surface area contributed by atoms with E-state index in [1.54, 1.807) is 12.1 Å². The largest absolute Gasteiger partial charge is 0.274 e. The van der Waals surface area contributed by atoms with Crippen LogP contribution in [0.3, 0.4) is 0 Å². The predicted molar refractivity (Wildman–Crippen MR) is 69.3 cm³/mol. The summed E-state index contributed by atoms with van der Waals surface area (Å²) in [6.07, 6.45) is -0.00462. The summed E-state index contributed by atoms with van der Waals surface area (Å²) < 4.78 is 37.9. The average molecular weight is 338 g/mol. The fourth-order valence-corrected chi connectivity index (χ4v) is 3.09. The van der Waals surface area contributed by atoms with Crippen molar-refractivity contribution >= 4 is 31.9 Å². The van der Waals surface area contributed by atoms with Crippen LogP contribution in [0.5, 0.6) is 0 Å². The van der Waals surface area contributed by atoms with Crippen molar-refractivity contribution in [2.45, 2.75) is 18.2 Å². The Hall–Kier alpha value is -0.950. The number of halogens is 2. The van der Waals surface area contributed by atoms with Crippen LogP contribution in [0, 0.1) is 0 Å². The Balaban J connectivity index is 3.09. The number of hydrogen-bond acceptors (Lipinski definition) is 3. The van der Waals surface area contributed by atoms with Crippen molar-refractivity contribution in [1.29, 1.82) is 0 Å². The fraction of sp³-hybridized carbons (Fsp3) is 0.364. The van der Waals surface area contributed by atoms with Gasteiger partial charge >= 0.3 is 0 Å². The van der Waals surface area contributed by atoms with Gasteiger partial charge in [0, 0.05) is 17.9 Å². The minimum Gasteiger partial charge on any atom is -0.274 e. The third-order valence-electron chi connectivity index (χ3n) is 2.25. The number of carbonyl (C=O) groups is 1. The van der Waals surface area contributed by atoms with E-state index in [4.69, 9.17) is 0 Å². The molecular formula is C11H13BrFNO3S. The molecule has 0 atom stereocenters. The highest BCUT2D eigenvalue weighted by atomic mass is 79.9.